The van der Waals surface area contributed by atoms with Crippen molar-refractivity contribution >= 4 is 10.8 Å². The first kappa shape index (κ1) is 26.6. The lowest BCUT2D eigenvalue weighted by molar-refractivity contribution is 0.948. The van der Waals surface area contributed by atoms with Crippen LogP contribution in [0.4, 0.5) is 0 Å². The number of aromatic nitrogens is 3. The topological polar surface area (TPSA) is 62.5 Å². The number of hydrogen-bond acceptors (Lipinski definition) is 4. The number of hydrogen-bond donors (Lipinski definition) is 0. The molecular weight excluding hydrogens is 512 g/mol. The van der Waals surface area contributed by atoms with Crippen LogP contribution in [0.5, 0.6) is 0 Å². The number of rotatable bonds is 7. The average molecular weight is 541 g/mol. The van der Waals surface area contributed by atoms with E-state index in [1.807, 2.05) is 85.8 Å². The summed E-state index contributed by atoms with van der Waals surface area (Å²) in [6.07, 6.45) is 8.67. The Labute approximate surface area is 246 Å². The third-order valence-corrected chi connectivity index (χ3v) is 7.16. The summed E-state index contributed by atoms with van der Waals surface area (Å²) >= 11 is 0. The summed E-state index contributed by atoms with van der Waals surface area (Å²) in [7, 11) is 0. The van der Waals surface area contributed by atoms with Gasteiger partial charge in [-0.1, -0.05) is 133 Å². The molecule has 0 radical (unpaired) electrons. The lowest BCUT2D eigenvalue weighted by Crippen LogP contribution is -2.03. The van der Waals surface area contributed by atoms with E-state index in [2.05, 4.69) is 66.7 Å². The summed E-state index contributed by atoms with van der Waals surface area (Å²) < 4.78 is 0. The van der Waals surface area contributed by atoms with Crippen molar-refractivity contribution in [3.63, 3.8) is 0 Å². The molecule has 42 heavy (non-hydrogen) atoms. The summed E-state index contributed by atoms with van der Waals surface area (Å²) in [4.78, 5) is 14.9. The molecule has 6 rings (SSSR count). The second-order valence-electron chi connectivity index (χ2n) is 9.87. The molecule has 0 amide bonds. The number of allylic oxidation sites excluding steroid dienone is 4. The highest BCUT2D eigenvalue weighted by Crippen LogP contribution is 2.38. The Bertz CT molecular complexity index is 1960. The highest BCUT2D eigenvalue weighted by atomic mass is 15.0. The Hall–Kier alpha value is -5.66. The fourth-order valence-electron chi connectivity index (χ4n) is 5.12. The molecule has 5 aromatic carbocycles. The van der Waals surface area contributed by atoms with E-state index in [4.69, 9.17) is 15.0 Å². The normalized spacial score (nSPS) is 11.3. The van der Waals surface area contributed by atoms with Crippen LogP contribution in [0, 0.1) is 11.3 Å². The molecule has 200 valence electrons. The van der Waals surface area contributed by atoms with Gasteiger partial charge in [0.2, 0.25) is 0 Å². The van der Waals surface area contributed by atoms with Gasteiger partial charge in [0.15, 0.2) is 11.6 Å². The minimum atomic E-state index is 0.590. The molecule has 0 unspecified atom stereocenters. The predicted molar refractivity (Wildman–Crippen MR) is 171 cm³/mol. The van der Waals surface area contributed by atoms with Crippen molar-refractivity contribution in [2.45, 2.75) is 13.3 Å². The summed E-state index contributed by atoms with van der Waals surface area (Å²) in [5.74, 6) is 2.00. The molecule has 0 N–H and O–H groups in total. The molecule has 4 heteroatoms. The fourth-order valence-corrected chi connectivity index (χ4v) is 5.12. The van der Waals surface area contributed by atoms with Crippen LogP contribution in [-0.4, -0.2) is 15.0 Å². The van der Waals surface area contributed by atoms with Gasteiger partial charge in [-0.05, 0) is 46.0 Å². The number of nitriles is 1. The zero-order valence-corrected chi connectivity index (χ0v) is 23.3. The van der Waals surface area contributed by atoms with Crippen LogP contribution in [-0.2, 0) is 6.42 Å². The van der Waals surface area contributed by atoms with Gasteiger partial charge in [0.05, 0.1) is 11.6 Å². The van der Waals surface area contributed by atoms with E-state index < -0.39 is 0 Å². The van der Waals surface area contributed by atoms with Crippen molar-refractivity contribution in [2.75, 3.05) is 0 Å². The van der Waals surface area contributed by atoms with Gasteiger partial charge < -0.3 is 0 Å². The zero-order valence-electron chi connectivity index (χ0n) is 23.3. The molecular formula is C38H28N4. The molecule has 4 nitrogen and oxygen atoms in total. The van der Waals surface area contributed by atoms with Crippen molar-refractivity contribution in [3.8, 4) is 51.1 Å². The number of nitrogens with zero attached hydrogens (tertiary/aromatic N) is 4. The van der Waals surface area contributed by atoms with Crippen LogP contribution >= 0.6 is 0 Å². The van der Waals surface area contributed by atoms with Gasteiger partial charge >= 0.3 is 0 Å². The lowest BCUT2D eigenvalue weighted by Gasteiger charge is -2.15. The fraction of sp³-hybridized carbons (Fsp3) is 0.0526. The first-order valence-corrected chi connectivity index (χ1v) is 14.0. The van der Waals surface area contributed by atoms with Crippen molar-refractivity contribution in [1.82, 2.24) is 15.0 Å². The van der Waals surface area contributed by atoms with Crippen LogP contribution in [0.3, 0.4) is 0 Å². The maximum atomic E-state index is 9.61. The largest absolute Gasteiger partial charge is 0.213 e. The molecule has 6 aromatic rings. The molecule has 1 heterocycles. The van der Waals surface area contributed by atoms with Gasteiger partial charge in [-0.15, -0.1) is 0 Å². The van der Waals surface area contributed by atoms with Gasteiger partial charge in [0.25, 0.3) is 0 Å². The van der Waals surface area contributed by atoms with E-state index in [1.165, 1.54) is 0 Å². The third kappa shape index (κ3) is 5.50. The molecule has 0 aliphatic carbocycles. The minimum Gasteiger partial charge on any atom is -0.213 e. The second-order valence-corrected chi connectivity index (χ2v) is 9.87. The van der Waals surface area contributed by atoms with Crippen LogP contribution in [0.2, 0.25) is 0 Å². The standard InChI is InChI=1S/C38H28N4/c1-2-3-4-8-19-35-40-37(30-14-6-5-7-15-30)42-38(41-35)36-33-18-12-9-13-27(33)24-25-34(36)29-22-20-28(21-23-29)32-17-11-10-16-31(32)26-39/h2-18,20-25H,19H2,1H3/b3-2-,8-4-. The summed E-state index contributed by atoms with van der Waals surface area (Å²) in [6.45, 7) is 2.00. The maximum absolute atomic E-state index is 9.61. The minimum absolute atomic E-state index is 0.590. The van der Waals surface area contributed by atoms with Crippen molar-refractivity contribution in [1.29, 1.82) is 5.26 Å². The molecule has 0 atom stereocenters. The van der Waals surface area contributed by atoms with Crippen molar-refractivity contribution in [3.05, 3.63) is 151 Å². The lowest BCUT2D eigenvalue weighted by atomic mass is 9.92. The SMILES string of the molecule is C/C=C\C=C/Cc1nc(-c2ccccc2)nc(-c2c(-c3ccc(-c4ccccc4C#N)cc3)ccc3ccccc23)n1. The second kappa shape index (κ2) is 12.2. The highest BCUT2D eigenvalue weighted by Gasteiger charge is 2.18. The van der Waals surface area contributed by atoms with Crippen LogP contribution < -0.4 is 0 Å². The summed E-state index contributed by atoms with van der Waals surface area (Å²) in [5.41, 5.74) is 6.58. The summed E-state index contributed by atoms with van der Waals surface area (Å²) in [6, 6.07) is 41.0. The molecule has 0 aliphatic heterocycles. The summed E-state index contributed by atoms with van der Waals surface area (Å²) in [5, 5.41) is 11.8. The zero-order chi connectivity index (χ0) is 28.7. The number of fused-ring (bicyclic) bond motifs is 1. The van der Waals surface area contributed by atoms with Gasteiger partial charge in [-0.3, -0.25) is 0 Å². The van der Waals surface area contributed by atoms with E-state index in [0.29, 0.717) is 29.5 Å². The third-order valence-electron chi connectivity index (χ3n) is 7.16. The first-order valence-electron chi connectivity index (χ1n) is 14.0. The van der Waals surface area contributed by atoms with Crippen LogP contribution in [0.25, 0.3) is 55.8 Å². The molecule has 0 bridgehead atoms. The Morgan fingerprint density at radius 3 is 2.10 bits per heavy atom. The Kier molecular flexibility index (Phi) is 7.74. The predicted octanol–water partition coefficient (Wildman–Crippen LogP) is 9.24. The highest BCUT2D eigenvalue weighted by molar-refractivity contribution is 6.03. The van der Waals surface area contributed by atoms with Gasteiger partial charge in [0.1, 0.15) is 5.82 Å². The Morgan fingerprint density at radius 1 is 0.619 bits per heavy atom. The molecule has 1 aromatic heterocycles. The Balaban J connectivity index is 1.53. The molecule has 0 aliphatic rings. The average Bonchev–Trinajstić information content (AvgIpc) is 3.06. The van der Waals surface area contributed by atoms with E-state index in [-0.39, 0.29) is 0 Å². The Morgan fingerprint density at radius 2 is 1.31 bits per heavy atom. The molecule has 0 fully saturated rings. The van der Waals surface area contributed by atoms with Crippen molar-refractivity contribution in [2.24, 2.45) is 0 Å². The number of benzene rings is 5. The van der Waals surface area contributed by atoms with Gasteiger partial charge in [-0.2, -0.15) is 5.26 Å². The first-order chi connectivity index (χ1) is 20.7. The van der Waals surface area contributed by atoms with Gasteiger partial charge in [-0.25, -0.2) is 15.0 Å². The van der Waals surface area contributed by atoms with E-state index >= 15 is 0 Å². The van der Waals surface area contributed by atoms with E-state index in [0.717, 1.165) is 44.2 Å². The maximum Gasteiger partial charge on any atom is 0.164 e. The molecule has 0 saturated carbocycles. The van der Waals surface area contributed by atoms with Crippen LogP contribution in [0.15, 0.2) is 140 Å². The molecule has 0 saturated heterocycles. The molecule has 0 spiro atoms. The smallest absolute Gasteiger partial charge is 0.164 e. The van der Waals surface area contributed by atoms with Crippen LogP contribution in [0.1, 0.15) is 18.3 Å². The van der Waals surface area contributed by atoms with E-state index in [9.17, 15) is 5.26 Å². The van der Waals surface area contributed by atoms with Gasteiger partial charge in [0, 0.05) is 17.5 Å². The van der Waals surface area contributed by atoms with E-state index in [1.54, 1.807) is 0 Å². The quantitative estimate of drug-likeness (QED) is 0.189. The van der Waals surface area contributed by atoms with Crippen molar-refractivity contribution < 1.29 is 0 Å². The monoisotopic (exact) mass is 540 g/mol.